The van der Waals surface area contributed by atoms with Crippen molar-refractivity contribution in [1.82, 2.24) is 20.5 Å². The molecule has 1 aromatic heterocycles. The number of unbranched alkanes of at least 4 members (excludes halogenated alkanes) is 2. The van der Waals surface area contributed by atoms with Crippen molar-refractivity contribution >= 4 is 36.6 Å². The fraction of sp³-hybridized carbons (Fsp3) is 0.513. The monoisotopic (exact) mass is 728 g/mol. The van der Waals surface area contributed by atoms with Crippen LogP contribution < -0.4 is 15.4 Å². The first kappa shape index (κ1) is 47.2. The number of aromatic nitrogens is 1. The van der Waals surface area contributed by atoms with Crippen LogP contribution in [0.15, 0.2) is 60.2 Å². The van der Waals surface area contributed by atoms with Crippen LogP contribution in [0, 0.1) is 5.41 Å². The van der Waals surface area contributed by atoms with Crippen LogP contribution in [0.25, 0.3) is 10.4 Å². The number of hydrogen-bond donors (Lipinski definition) is 3. The van der Waals surface area contributed by atoms with Crippen LogP contribution >= 0.6 is 11.3 Å². The molecule has 0 radical (unpaired) electrons. The first-order valence-corrected chi connectivity index (χ1v) is 18.1. The van der Waals surface area contributed by atoms with Gasteiger partial charge in [0.15, 0.2) is 0 Å². The van der Waals surface area contributed by atoms with Gasteiger partial charge in [0.1, 0.15) is 31.2 Å². The highest BCUT2D eigenvalue weighted by atomic mass is 32.1. The molecule has 0 aliphatic carbocycles. The van der Waals surface area contributed by atoms with Gasteiger partial charge >= 0.3 is 0 Å². The molecule has 1 saturated heterocycles. The Morgan fingerprint density at radius 1 is 1.00 bits per heavy atom. The van der Waals surface area contributed by atoms with Gasteiger partial charge in [0.2, 0.25) is 6.41 Å². The van der Waals surface area contributed by atoms with Crippen LogP contribution in [0.2, 0.25) is 0 Å². The van der Waals surface area contributed by atoms with Gasteiger partial charge in [-0.15, -0.1) is 11.3 Å². The van der Waals surface area contributed by atoms with Crippen molar-refractivity contribution in [3.05, 3.63) is 71.4 Å². The lowest BCUT2D eigenvalue weighted by Gasteiger charge is -2.24. The van der Waals surface area contributed by atoms with Gasteiger partial charge in [-0.25, -0.2) is 0 Å². The topological polar surface area (TPSA) is 147 Å². The molecule has 1 aliphatic heterocycles. The third-order valence-corrected chi connectivity index (χ3v) is 8.55. The summed E-state index contributed by atoms with van der Waals surface area (Å²) in [5.41, 5.74) is 4.76. The molecule has 11 nitrogen and oxygen atoms in total. The van der Waals surface area contributed by atoms with Crippen molar-refractivity contribution in [2.75, 3.05) is 47.6 Å². The van der Waals surface area contributed by atoms with Crippen molar-refractivity contribution < 1.29 is 33.8 Å². The highest BCUT2D eigenvalue weighted by Gasteiger charge is 2.21. The van der Waals surface area contributed by atoms with Crippen molar-refractivity contribution in [2.45, 2.75) is 78.4 Å². The summed E-state index contributed by atoms with van der Waals surface area (Å²) in [6.45, 7) is 11.7. The number of thiazole rings is 1. The van der Waals surface area contributed by atoms with E-state index in [1.54, 1.807) is 42.6 Å². The lowest BCUT2D eigenvalue weighted by molar-refractivity contribution is -0.112. The molecular formula is C39H60N4O7S. The number of likely N-dealkylation sites (tertiary alicyclic amines) is 1. The van der Waals surface area contributed by atoms with E-state index in [4.69, 9.17) is 14.6 Å². The van der Waals surface area contributed by atoms with Crippen LogP contribution in [0.4, 0.5) is 0 Å². The predicted octanol–water partition coefficient (Wildman–Crippen LogP) is 5.85. The van der Waals surface area contributed by atoms with Gasteiger partial charge in [-0.3, -0.25) is 14.6 Å². The van der Waals surface area contributed by atoms with Gasteiger partial charge in [-0.05, 0) is 100 Å². The minimum atomic E-state index is -0.0301. The molecule has 4 rings (SSSR count). The van der Waals surface area contributed by atoms with Crippen LogP contribution in [-0.2, 0) is 25.7 Å². The summed E-state index contributed by atoms with van der Waals surface area (Å²) < 4.78 is 10.6. The molecule has 51 heavy (non-hydrogen) atoms. The Bertz CT molecular complexity index is 1280. The van der Waals surface area contributed by atoms with Crippen molar-refractivity contribution in [1.29, 1.82) is 0 Å². The van der Waals surface area contributed by atoms with Gasteiger partial charge in [-0.1, -0.05) is 45.0 Å². The summed E-state index contributed by atoms with van der Waals surface area (Å²) in [7, 11) is 4.99. The Morgan fingerprint density at radius 2 is 1.67 bits per heavy atom. The number of ether oxygens (including phenoxy) is 2. The zero-order chi connectivity index (χ0) is 38.3. The molecule has 12 heteroatoms. The lowest BCUT2D eigenvalue weighted by atomic mass is 9.88. The number of rotatable bonds is 16. The van der Waals surface area contributed by atoms with E-state index in [1.807, 2.05) is 56.7 Å². The van der Waals surface area contributed by atoms with E-state index in [0.717, 1.165) is 73.0 Å². The van der Waals surface area contributed by atoms with Gasteiger partial charge in [-0.2, -0.15) is 0 Å². The van der Waals surface area contributed by atoms with Crippen LogP contribution in [0.3, 0.4) is 0 Å². The molecule has 0 spiro atoms. The second-order valence-corrected chi connectivity index (χ2v) is 13.5. The first-order valence-electron chi connectivity index (χ1n) is 17.2. The fourth-order valence-corrected chi connectivity index (χ4v) is 5.16. The zero-order valence-corrected chi connectivity index (χ0v) is 32.3. The zero-order valence-electron chi connectivity index (χ0n) is 31.5. The molecule has 2 atom stereocenters. The highest BCUT2D eigenvalue weighted by Crippen LogP contribution is 2.23. The molecule has 3 aromatic rings. The summed E-state index contributed by atoms with van der Waals surface area (Å²) in [5.74, 6) is 0.776. The molecule has 2 aromatic carbocycles. The van der Waals surface area contributed by atoms with Crippen LogP contribution in [0.1, 0.15) is 75.7 Å². The largest absolute Gasteiger partial charge is 0.494 e. The van der Waals surface area contributed by atoms with Gasteiger partial charge in [0.25, 0.3) is 0 Å². The molecule has 1 fully saturated rings. The Morgan fingerprint density at radius 3 is 2.10 bits per heavy atom. The van der Waals surface area contributed by atoms with Gasteiger partial charge in [0, 0.05) is 38.1 Å². The SMILES string of the molecule is CC1CCCN1C.CNC(C=O)C(C)(C)C.CO.O=CCOCCCCCOc1ccc(C=O)cc1.O=CNCc1ccc(-c2cncs2)cc1. The third kappa shape index (κ3) is 22.6. The number of hydrogen-bond acceptors (Lipinski definition) is 11. The highest BCUT2D eigenvalue weighted by molar-refractivity contribution is 7.13. The van der Waals surface area contributed by atoms with E-state index >= 15 is 0 Å². The Kier molecular flexibility index (Phi) is 27.6. The molecule has 0 bridgehead atoms. The number of carbonyl (C=O) groups is 4. The Balaban J connectivity index is 0.000000680. The molecular weight excluding hydrogens is 669 g/mol. The number of nitrogens with one attached hydrogen (secondary N) is 2. The number of aliphatic hydroxyl groups excluding tert-OH is 1. The molecule has 1 amide bonds. The van der Waals surface area contributed by atoms with E-state index in [0.29, 0.717) is 31.7 Å². The van der Waals surface area contributed by atoms with Crippen molar-refractivity contribution in [3.63, 3.8) is 0 Å². The van der Waals surface area contributed by atoms with Gasteiger partial charge in [0.05, 0.1) is 23.0 Å². The lowest BCUT2D eigenvalue weighted by Crippen LogP contribution is -2.39. The van der Waals surface area contributed by atoms with Crippen LogP contribution in [-0.4, -0.2) is 99.9 Å². The quantitative estimate of drug-likeness (QED) is 0.121. The standard InChI is InChI=1S/C14H18O4.C11H10N2OS.C7H15NO.C6H13N.CH4O/c15-8-11-17-9-2-1-3-10-18-14-6-4-13(12-16)5-7-14;14-7-12-5-9-1-3-10(4-2-9)11-6-13-8-15-11;1-7(2,3)6(5-9)8-4;1-6-4-3-5-7(6)2;1-2/h4-8,12H,1-3,9-11H2;1-4,6-8H,5H2,(H,12,14);5-6,8H,1-4H3;6H,3-5H2,1-2H3;2H,1H3. The minimum Gasteiger partial charge on any atom is -0.494 e. The Hall–Kier alpha value is -3.81. The maximum absolute atomic E-state index is 10.5. The predicted molar refractivity (Wildman–Crippen MR) is 206 cm³/mol. The molecule has 0 saturated carbocycles. The molecule has 284 valence electrons. The Labute approximate surface area is 309 Å². The van der Waals surface area contributed by atoms with Crippen LogP contribution in [0.5, 0.6) is 5.75 Å². The average molecular weight is 729 g/mol. The summed E-state index contributed by atoms with van der Waals surface area (Å²) in [5, 5.41) is 12.6. The smallest absolute Gasteiger partial charge is 0.207 e. The summed E-state index contributed by atoms with van der Waals surface area (Å²) in [6.07, 6.45) is 10.7. The minimum absolute atomic E-state index is 0.0301. The van der Waals surface area contributed by atoms with E-state index < -0.39 is 0 Å². The fourth-order valence-electron chi connectivity index (χ4n) is 4.53. The second kappa shape index (κ2) is 29.9. The summed E-state index contributed by atoms with van der Waals surface area (Å²) in [6, 6.07) is 15.9. The third-order valence-electron chi connectivity index (χ3n) is 7.73. The second-order valence-electron chi connectivity index (χ2n) is 12.6. The normalized spacial score (nSPS) is 13.9. The van der Waals surface area contributed by atoms with Crippen molar-refractivity contribution in [3.8, 4) is 16.2 Å². The van der Waals surface area contributed by atoms with Crippen molar-refractivity contribution in [2.24, 2.45) is 5.41 Å². The number of carbonyl (C=O) groups excluding carboxylic acids is 4. The molecule has 2 heterocycles. The maximum Gasteiger partial charge on any atom is 0.207 e. The molecule has 3 N–H and O–H groups in total. The number of benzene rings is 2. The number of nitrogens with zero attached hydrogens (tertiary/aromatic N) is 2. The summed E-state index contributed by atoms with van der Waals surface area (Å²) >= 11 is 1.62. The molecule has 2 unspecified atom stereocenters. The van der Waals surface area contributed by atoms with E-state index in [9.17, 15) is 19.2 Å². The van der Waals surface area contributed by atoms with E-state index in [2.05, 4.69) is 34.5 Å². The molecule has 1 aliphatic rings. The number of likely N-dealkylation sites (N-methyl/N-ethyl adjacent to an activating group) is 1. The van der Waals surface area contributed by atoms with E-state index in [-0.39, 0.29) is 18.1 Å². The maximum atomic E-state index is 10.5. The van der Waals surface area contributed by atoms with E-state index in [1.165, 1.54) is 19.4 Å². The number of amides is 1. The summed E-state index contributed by atoms with van der Waals surface area (Å²) in [4.78, 5) is 48.5. The first-order chi connectivity index (χ1) is 24.6. The number of aldehydes is 3. The van der Waals surface area contributed by atoms with Gasteiger partial charge < -0.3 is 39.7 Å². The average Bonchev–Trinajstić information content (AvgIpc) is 3.82. The number of aliphatic hydroxyl groups is 1.